The second-order valence-corrected chi connectivity index (χ2v) is 4.53. The molecule has 1 aromatic carbocycles. The van der Waals surface area contributed by atoms with Gasteiger partial charge in [-0.25, -0.2) is 0 Å². The minimum absolute atomic E-state index is 0.200. The minimum atomic E-state index is 0.200. The quantitative estimate of drug-likeness (QED) is 0.850. The second kappa shape index (κ2) is 4.33. The van der Waals surface area contributed by atoms with Crippen LogP contribution in [0.1, 0.15) is 13.3 Å². The van der Waals surface area contributed by atoms with Gasteiger partial charge in [0.25, 0.3) is 0 Å². The maximum atomic E-state index is 8.57. The zero-order chi connectivity index (χ0) is 10.7. The van der Waals surface area contributed by atoms with Crippen LogP contribution in [-0.4, -0.2) is 6.04 Å². The van der Waals surface area contributed by atoms with Gasteiger partial charge in [-0.1, -0.05) is 0 Å². The van der Waals surface area contributed by atoms with Crippen molar-refractivity contribution in [3.05, 3.63) is 29.6 Å². The summed E-state index contributed by atoms with van der Waals surface area (Å²) < 4.78 is 1.30. The molecule has 76 valence electrons. The molecule has 0 saturated carbocycles. The fourth-order valence-corrected chi connectivity index (χ4v) is 2.30. The third-order valence-electron chi connectivity index (χ3n) is 2.26. The number of benzene rings is 1. The van der Waals surface area contributed by atoms with Crippen molar-refractivity contribution in [2.75, 3.05) is 5.32 Å². The smallest absolute Gasteiger partial charge is 0.0643 e. The number of rotatable bonds is 3. The van der Waals surface area contributed by atoms with E-state index in [2.05, 4.69) is 41.0 Å². The zero-order valence-electron chi connectivity index (χ0n) is 8.53. The Morgan fingerprint density at radius 3 is 3.13 bits per heavy atom. The van der Waals surface area contributed by atoms with Gasteiger partial charge in [-0.2, -0.15) is 5.26 Å². The first-order valence-electron chi connectivity index (χ1n) is 4.90. The van der Waals surface area contributed by atoms with Crippen molar-refractivity contribution in [1.29, 1.82) is 5.26 Å². The molecule has 0 fully saturated rings. The summed E-state index contributed by atoms with van der Waals surface area (Å²) in [6.45, 7) is 2.01. The molecule has 0 aliphatic heterocycles. The Kier molecular flexibility index (Phi) is 2.89. The van der Waals surface area contributed by atoms with Crippen LogP contribution in [-0.2, 0) is 0 Å². The van der Waals surface area contributed by atoms with Crippen molar-refractivity contribution in [1.82, 2.24) is 0 Å². The Morgan fingerprint density at radius 2 is 2.33 bits per heavy atom. The van der Waals surface area contributed by atoms with Crippen molar-refractivity contribution in [3.63, 3.8) is 0 Å². The molecule has 0 aliphatic carbocycles. The Hall–Kier alpha value is -1.53. The third-order valence-corrected chi connectivity index (χ3v) is 3.16. The van der Waals surface area contributed by atoms with E-state index in [9.17, 15) is 0 Å². The fraction of sp³-hybridized carbons (Fsp3) is 0.250. The molecule has 0 amide bonds. The van der Waals surface area contributed by atoms with Crippen molar-refractivity contribution in [2.45, 2.75) is 19.4 Å². The highest BCUT2D eigenvalue weighted by molar-refractivity contribution is 7.17. The van der Waals surface area contributed by atoms with Crippen LogP contribution in [0.4, 0.5) is 5.69 Å². The number of thiophene rings is 1. The maximum Gasteiger partial charge on any atom is 0.0643 e. The number of anilines is 1. The molecular formula is C12H12N2S. The fourth-order valence-electron chi connectivity index (χ4n) is 1.53. The molecule has 1 N–H and O–H groups in total. The number of nitrogens with zero attached hydrogens (tertiary/aromatic N) is 1. The third kappa shape index (κ3) is 2.28. The van der Waals surface area contributed by atoms with Crippen molar-refractivity contribution in [3.8, 4) is 6.07 Å². The SMILES string of the molecule is CC(CC#N)Nc1ccc2sccc2c1. The molecule has 0 saturated heterocycles. The van der Waals surface area contributed by atoms with Crippen LogP contribution in [0.15, 0.2) is 29.6 Å². The highest BCUT2D eigenvalue weighted by Gasteiger charge is 2.02. The number of nitriles is 1. The van der Waals surface area contributed by atoms with Gasteiger partial charge >= 0.3 is 0 Å². The lowest BCUT2D eigenvalue weighted by Gasteiger charge is -2.11. The first-order valence-corrected chi connectivity index (χ1v) is 5.78. The molecule has 0 bridgehead atoms. The summed E-state index contributed by atoms with van der Waals surface area (Å²) in [7, 11) is 0. The normalized spacial score (nSPS) is 12.3. The maximum absolute atomic E-state index is 8.57. The first kappa shape index (κ1) is 10.0. The summed E-state index contributed by atoms with van der Waals surface area (Å²) in [5.74, 6) is 0. The summed E-state index contributed by atoms with van der Waals surface area (Å²) in [5, 5.41) is 15.2. The Balaban J connectivity index is 2.18. The molecule has 3 heteroatoms. The van der Waals surface area contributed by atoms with Crippen molar-refractivity contribution >= 4 is 27.1 Å². The van der Waals surface area contributed by atoms with Gasteiger partial charge in [0.1, 0.15) is 0 Å². The van der Waals surface area contributed by atoms with Crippen LogP contribution in [0.2, 0.25) is 0 Å². The van der Waals surface area contributed by atoms with E-state index in [0.29, 0.717) is 6.42 Å². The summed E-state index contributed by atoms with van der Waals surface area (Å²) in [6, 6.07) is 10.8. The van der Waals surface area contributed by atoms with Crippen LogP contribution in [0, 0.1) is 11.3 Å². The van der Waals surface area contributed by atoms with Crippen LogP contribution >= 0.6 is 11.3 Å². The molecule has 1 atom stereocenters. The van der Waals surface area contributed by atoms with Gasteiger partial charge in [0, 0.05) is 16.4 Å². The molecule has 1 aromatic heterocycles. The van der Waals surface area contributed by atoms with Gasteiger partial charge in [0.2, 0.25) is 0 Å². The summed E-state index contributed by atoms with van der Waals surface area (Å²) in [5.41, 5.74) is 1.09. The number of fused-ring (bicyclic) bond motifs is 1. The number of hydrogen-bond donors (Lipinski definition) is 1. The number of nitrogens with one attached hydrogen (secondary N) is 1. The molecule has 2 rings (SSSR count). The predicted molar refractivity (Wildman–Crippen MR) is 65.1 cm³/mol. The monoisotopic (exact) mass is 216 g/mol. The largest absolute Gasteiger partial charge is 0.382 e. The molecule has 15 heavy (non-hydrogen) atoms. The highest BCUT2D eigenvalue weighted by atomic mass is 32.1. The van der Waals surface area contributed by atoms with E-state index in [0.717, 1.165) is 5.69 Å². The number of hydrogen-bond acceptors (Lipinski definition) is 3. The molecule has 1 heterocycles. The van der Waals surface area contributed by atoms with Gasteiger partial charge in [-0.05, 0) is 42.0 Å². The summed E-state index contributed by atoms with van der Waals surface area (Å²) >= 11 is 1.75. The van der Waals surface area contributed by atoms with E-state index < -0.39 is 0 Å². The molecule has 0 aliphatic rings. The molecule has 1 unspecified atom stereocenters. The van der Waals surface area contributed by atoms with Gasteiger partial charge < -0.3 is 5.32 Å². The Bertz CT molecular complexity index is 496. The zero-order valence-corrected chi connectivity index (χ0v) is 9.34. The Morgan fingerprint density at radius 1 is 1.47 bits per heavy atom. The highest BCUT2D eigenvalue weighted by Crippen LogP contribution is 2.24. The molecule has 0 radical (unpaired) electrons. The van der Waals surface area contributed by atoms with E-state index in [-0.39, 0.29) is 6.04 Å². The van der Waals surface area contributed by atoms with E-state index in [1.807, 2.05) is 6.92 Å². The van der Waals surface area contributed by atoms with Crippen molar-refractivity contribution in [2.24, 2.45) is 0 Å². The topological polar surface area (TPSA) is 35.8 Å². The van der Waals surface area contributed by atoms with Gasteiger partial charge in [0.05, 0.1) is 12.5 Å². The van der Waals surface area contributed by atoms with Gasteiger partial charge in [0.15, 0.2) is 0 Å². The van der Waals surface area contributed by atoms with Gasteiger partial charge in [-0.15, -0.1) is 11.3 Å². The minimum Gasteiger partial charge on any atom is -0.382 e. The predicted octanol–water partition coefficient (Wildman–Crippen LogP) is 3.62. The van der Waals surface area contributed by atoms with Crippen LogP contribution in [0.5, 0.6) is 0 Å². The van der Waals surface area contributed by atoms with Crippen LogP contribution in [0.3, 0.4) is 0 Å². The summed E-state index contributed by atoms with van der Waals surface area (Å²) in [6.07, 6.45) is 0.529. The Labute approximate surface area is 93.2 Å². The average molecular weight is 216 g/mol. The molecule has 2 aromatic rings. The van der Waals surface area contributed by atoms with Gasteiger partial charge in [-0.3, -0.25) is 0 Å². The lowest BCUT2D eigenvalue weighted by molar-refractivity contribution is 0.821. The van der Waals surface area contributed by atoms with E-state index in [1.165, 1.54) is 10.1 Å². The molecular weight excluding hydrogens is 204 g/mol. The molecule has 2 nitrogen and oxygen atoms in total. The average Bonchev–Trinajstić information content (AvgIpc) is 2.65. The van der Waals surface area contributed by atoms with Crippen molar-refractivity contribution < 1.29 is 0 Å². The van der Waals surface area contributed by atoms with E-state index in [4.69, 9.17) is 5.26 Å². The molecule has 0 spiro atoms. The van der Waals surface area contributed by atoms with Crippen LogP contribution < -0.4 is 5.32 Å². The standard InChI is InChI=1S/C12H12N2S/c1-9(4-6-13)14-11-2-3-12-10(8-11)5-7-15-12/h2-3,5,7-9,14H,4H2,1H3. The van der Waals surface area contributed by atoms with E-state index in [1.54, 1.807) is 11.3 Å². The lowest BCUT2D eigenvalue weighted by atomic mass is 10.2. The lowest BCUT2D eigenvalue weighted by Crippen LogP contribution is -2.13. The van der Waals surface area contributed by atoms with Crippen LogP contribution in [0.25, 0.3) is 10.1 Å². The second-order valence-electron chi connectivity index (χ2n) is 3.58. The van der Waals surface area contributed by atoms with E-state index >= 15 is 0 Å². The summed E-state index contributed by atoms with van der Waals surface area (Å²) in [4.78, 5) is 0. The first-order chi connectivity index (χ1) is 7.29.